The molecule has 0 aromatic carbocycles. The van der Waals surface area contributed by atoms with E-state index in [4.69, 9.17) is 16.2 Å². The first kappa shape index (κ1) is 30.3. The van der Waals surface area contributed by atoms with Gasteiger partial charge in [0.2, 0.25) is 5.84 Å². The molecule has 2 aliphatic heterocycles. The molecule has 0 spiro atoms. The second-order valence-electron chi connectivity index (χ2n) is 4.98. The van der Waals surface area contributed by atoms with Crippen molar-refractivity contribution in [2.24, 2.45) is 21.2 Å². The molecule has 0 amide bonds. The highest BCUT2D eigenvalue weighted by Crippen LogP contribution is 2.03. The number of rotatable bonds is 2. The quantitative estimate of drug-likeness (QED) is 0.0638. The zero-order valence-electron chi connectivity index (χ0n) is 17.7. The number of hydrogen-bond donors (Lipinski definition) is 2. The maximum atomic E-state index is 10.6. The zero-order chi connectivity index (χ0) is 26.0. The molecule has 0 bridgehead atoms. The van der Waals surface area contributed by atoms with Crippen LogP contribution in [-0.2, 0) is 52.7 Å². The van der Waals surface area contributed by atoms with Crippen LogP contribution in [0.5, 0.6) is 0 Å². The van der Waals surface area contributed by atoms with Gasteiger partial charge in [0.05, 0.1) is 27.8 Å². The number of amidine groups is 1. The number of hydrogen-bond acceptors (Lipinski definition) is 16. The smallest absolute Gasteiger partial charge is 0.410 e. The molecule has 3 N–H and O–H groups in total. The molecule has 0 aliphatic carbocycles. The molecule has 0 fully saturated rings. The lowest BCUT2D eigenvalue weighted by atomic mass is 10.2. The number of methoxy groups -OCH3 is 3. The van der Waals surface area contributed by atoms with Crippen molar-refractivity contribution in [1.29, 1.82) is 5.26 Å². The molecule has 0 saturated heterocycles. The van der Waals surface area contributed by atoms with Crippen molar-refractivity contribution in [3.05, 3.63) is 0 Å². The van der Waals surface area contributed by atoms with Crippen LogP contribution in [0.25, 0.3) is 0 Å². The summed E-state index contributed by atoms with van der Waals surface area (Å²) in [6.07, 6.45) is -0.0675. The molecule has 180 valence electrons. The van der Waals surface area contributed by atoms with Crippen LogP contribution in [-0.4, -0.2) is 79.4 Å². The van der Waals surface area contributed by atoms with Crippen LogP contribution in [0.3, 0.4) is 0 Å². The number of nitrogens with zero attached hydrogens (tertiary/aromatic N) is 4. The van der Waals surface area contributed by atoms with E-state index in [0.29, 0.717) is 0 Å². The fourth-order valence-corrected chi connectivity index (χ4v) is 1.22. The van der Waals surface area contributed by atoms with Gasteiger partial charge in [-0.2, -0.15) is 5.26 Å². The highest BCUT2D eigenvalue weighted by molar-refractivity contribution is 6.42. The molecule has 0 unspecified atom stereocenters. The summed E-state index contributed by atoms with van der Waals surface area (Å²) in [5, 5.41) is 24.2. The van der Waals surface area contributed by atoms with Crippen LogP contribution in [0.1, 0.15) is 19.8 Å². The molecular weight excluding hydrogens is 454 g/mol. The topological polar surface area (TPSA) is 256 Å². The molecule has 33 heavy (non-hydrogen) atoms. The van der Waals surface area contributed by atoms with E-state index in [1.54, 1.807) is 0 Å². The summed E-state index contributed by atoms with van der Waals surface area (Å²) in [5.74, 6) is -4.05. The Morgan fingerprint density at radius 2 is 1.48 bits per heavy atom. The number of oxime groups is 3. The van der Waals surface area contributed by atoms with Gasteiger partial charge in [-0.05, 0) is 0 Å². The molecule has 0 atom stereocenters. The average molecular weight is 473 g/mol. The number of ketones is 1. The minimum Gasteiger partial charge on any atom is -0.464 e. The van der Waals surface area contributed by atoms with Crippen LogP contribution in [0.15, 0.2) is 15.5 Å². The van der Waals surface area contributed by atoms with E-state index in [2.05, 4.69) is 39.4 Å². The van der Waals surface area contributed by atoms with Crippen molar-refractivity contribution in [2.75, 3.05) is 21.3 Å². The third-order valence-electron chi connectivity index (χ3n) is 2.75. The fraction of sp³-hybridized carbons (Fsp3) is 0.375. The third-order valence-corrected chi connectivity index (χ3v) is 2.75. The maximum Gasteiger partial charge on any atom is 0.410 e. The van der Waals surface area contributed by atoms with Crippen LogP contribution in [0, 0.1) is 11.3 Å². The molecular formula is C16H19N5O12. The Bertz CT molecular complexity index is 900. The van der Waals surface area contributed by atoms with E-state index >= 15 is 0 Å². The highest BCUT2D eigenvalue weighted by atomic mass is 16.7. The SMILES string of the molecule is CC(=O)C1=NOC(=O)C1.COC(=O)C#N.COC(=O)C(N)=NO.COC(=O)C1=NOC(=O)C1. The monoisotopic (exact) mass is 473 g/mol. The summed E-state index contributed by atoms with van der Waals surface area (Å²) in [5.41, 5.74) is 4.98. The first-order chi connectivity index (χ1) is 15.5. The minimum absolute atomic E-state index is 0.0208. The summed E-state index contributed by atoms with van der Waals surface area (Å²) < 4.78 is 12.2. The van der Waals surface area contributed by atoms with Crippen LogP contribution in [0.2, 0.25) is 0 Å². The van der Waals surface area contributed by atoms with Crippen molar-refractivity contribution in [1.82, 2.24) is 0 Å². The molecule has 2 rings (SSSR count). The Balaban J connectivity index is 0. The van der Waals surface area contributed by atoms with Crippen molar-refractivity contribution in [3.8, 4) is 6.07 Å². The molecule has 0 saturated carbocycles. The number of Topliss-reactive ketones (excluding diaryl/α,β-unsaturated/α-hetero) is 1. The zero-order valence-corrected chi connectivity index (χ0v) is 17.7. The van der Waals surface area contributed by atoms with Crippen molar-refractivity contribution in [3.63, 3.8) is 0 Å². The number of carbonyl (C=O) groups excluding carboxylic acids is 6. The second kappa shape index (κ2) is 16.9. The molecule has 17 nitrogen and oxygen atoms in total. The van der Waals surface area contributed by atoms with Gasteiger partial charge in [-0.3, -0.25) is 4.79 Å². The summed E-state index contributed by atoms with van der Waals surface area (Å²) in [7, 11) is 3.51. The van der Waals surface area contributed by atoms with Crippen LogP contribution < -0.4 is 5.73 Å². The first-order valence-corrected chi connectivity index (χ1v) is 8.13. The lowest BCUT2D eigenvalue weighted by Gasteiger charge is -1.91. The van der Waals surface area contributed by atoms with Crippen LogP contribution >= 0.6 is 0 Å². The van der Waals surface area contributed by atoms with Gasteiger partial charge in [0.15, 0.2) is 17.6 Å². The Morgan fingerprint density at radius 3 is 1.67 bits per heavy atom. The molecule has 17 heteroatoms. The second-order valence-corrected chi connectivity index (χ2v) is 4.98. The van der Waals surface area contributed by atoms with Gasteiger partial charge in [-0.15, -0.1) is 0 Å². The van der Waals surface area contributed by atoms with Gasteiger partial charge in [-0.25, -0.2) is 24.0 Å². The van der Waals surface area contributed by atoms with Gasteiger partial charge in [0.1, 0.15) is 12.1 Å². The summed E-state index contributed by atoms with van der Waals surface area (Å²) in [6, 6.07) is 1.25. The number of ether oxygens (including phenoxy) is 3. The minimum atomic E-state index is -0.852. The van der Waals surface area contributed by atoms with Gasteiger partial charge in [0.25, 0.3) is 0 Å². The summed E-state index contributed by atoms with van der Waals surface area (Å²) in [4.78, 5) is 69.6. The van der Waals surface area contributed by atoms with E-state index in [-0.39, 0.29) is 30.0 Å². The van der Waals surface area contributed by atoms with Crippen molar-refractivity contribution >= 4 is 52.9 Å². The fourth-order valence-electron chi connectivity index (χ4n) is 1.22. The number of nitrogens with two attached hydrogens (primary N) is 1. The lowest BCUT2D eigenvalue weighted by molar-refractivity contribution is -0.141. The Labute approximate surface area is 185 Å². The highest BCUT2D eigenvalue weighted by Gasteiger charge is 2.24. The molecule has 2 aliphatic rings. The maximum absolute atomic E-state index is 10.6. The van der Waals surface area contributed by atoms with Gasteiger partial charge in [0, 0.05) is 6.92 Å². The number of carbonyl (C=O) groups is 6. The lowest BCUT2D eigenvalue weighted by Crippen LogP contribution is -2.24. The van der Waals surface area contributed by atoms with E-state index in [1.165, 1.54) is 20.1 Å². The Morgan fingerprint density at radius 1 is 1.00 bits per heavy atom. The standard InChI is InChI=1S/C5H5NO4.C5H5NO3.C3H6N2O3.C3H3NO2/c1-9-5(8)3-2-4(7)10-6-3;1-3(7)4-2-5(8)9-6-4;1-8-3(6)2(4)5-7;1-6-3(5)2-4/h2H2,1H3;2H2,1H3;7H,1H3,(H2,4,5);1H3. The predicted molar refractivity (Wildman–Crippen MR) is 102 cm³/mol. The summed E-state index contributed by atoms with van der Waals surface area (Å²) >= 11 is 0. The van der Waals surface area contributed by atoms with E-state index in [0.717, 1.165) is 14.2 Å². The van der Waals surface area contributed by atoms with E-state index < -0.39 is 35.7 Å². The number of nitriles is 1. The normalized spacial score (nSPS) is 13.2. The summed E-state index contributed by atoms with van der Waals surface area (Å²) in [6.45, 7) is 1.35. The van der Waals surface area contributed by atoms with E-state index in [9.17, 15) is 28.8 Å². The first-order valence-electron chi connectivity index (χ1n) is 8.13. The number of esters is 3. The molecule has 0 aromatic heterocycles. The molecule has 0 aromatic rings. The predicted octanol–water partition coefficient (Wildman–Crippen LogP) is -2.07. The molecule has 0 radical (unpaired) electrons. The largest absolute Gasteiger partial charge is 0.464 e. The van der Waals surface area contributed by atoms with Gasteiger partial charge < -0.3 is 34.8 Å². The Kier molecular flexibility index (Phi) is 15.5. The van der Waals surface area contributed by atoms with Gasteiger partial charge in [-0.1, -0.05) is 15.5 Å². The molecule has 2 heterocycles. The average Bonchev–Trinajstić information content (AvgIpc) is 3.46. The Hall–Kier alpha value is -4.88. The third kappa shape index (κ3) is 13.9. The van der Waals surface area contributed by atoms with Crippen molar-refractivity contribution < 1.29 is 57.9 Å². The van der Waals surface area contributed by atoms with Crippen molar-refractivity contribution in [2.45, 2.75) is 19.8 Å². The van der Waals surface area contributed by atoms with Gasteiger partial charge >= 0.3 is 29.8 Å². The van der Waals surface area contributed by atoms with Crippen LogP contribution in [0.4, 0.5) is 0 Å². The van der Waals surface area contributed by atoms with E-state index in [1.807, 2.05) is 0 Å².